The molecule has 144 valence electrons. The summed E-state index contributed by atoms with van der Waals surface area (Å²) in [7, 11) is 0. The van der Waals surface area contributed by atoms with Crippen LogP contribution in [0.2, 0.25) is 0 Å². The monoisotopic (exact) mass is 374 g/mol. The highest BCUT2D eigenvalue weighted by Crippen LogP contribution is 2.33. The number of benzene rings is 1. The Kier molecular flexibility index (Phi) is 4.79. The summed E-state index contributed by atoms with van der Waals surface area (Å²) in [6, 6.07) is 13.5. The van der Waals surface area contributed by atoms with Crippen LogP contribution in [0.3, 0.4) is 0 Å². The zero-order valence-corrected chi connectivity index (χ0v) is 16.1. The molecule has 0 N–H and O–H groups in total. The van der Waals surface area contributed by atoms with Crippen molar-refractivity contribution in [1.29, 1.82) is 0 Å². The van der Waals surface area contributed by atoms with Gasteiger partial charge in [-0.3, -0.25) is 9.88 Å². The van der Waals surface area contributed by atoms with Crippen LogP contribution in [-0.4, -0.2) is 50.3 Å². The van der Waals surface area contributed by atoms with Crippen molar-refractivity contribution in [3.8, 4) is 5.82 Å². The van der Waals surface area contributed by atoms with Gasteiger partial charge >= 0.3 is 0 Å². The number of rotatable bonds is 4. The fourth-order valence-electron chi connectivity index (χ4n) is 4.74. The van der Waals surface area contributed by atoms with Crippen LogP contribution in [0.4, 0.5) is 5.82 Å². The van der Waals surface area contributed by atoms with Gasteiger partial charge in [-0.25, -0.2) is 9.67 Å². The summed E-state index contributed by atoms with van der Waals surface area (Å²) in [5, 5.41) is 4.28. The van der Waals surface area contributed by atoms with Crippen LogP contribution in [-0.2, 0) is 6.54 Å². The Bertz CT molecular complexity index is 894. The molecule has 2 aliphatic heterocycles. The van der Waals surface area contributed by atoms with Crippen molar-refractivity contribution in [2.75, 3.05) is 24.5 Å². The molecular formula is C22H26N6. The van der Waals surface area contributed by atoms with Crippen LogP contribution >= 0.6 is 0 Å². The van der Waals surface area contributed by atoms with Gasteiger partial charge in [-0.15, -0.1) is 0 Å². The maximum atomic E-state index is 4.81. The van der Waals surface area contributed by atoms with Crippen molar-refractivity contribution in [3.05, 3.63) is 66.7 Å². The van der Waals surface area contributed by atoms with Gasteiger partial charge in [0.2, 0.25) is 0 Å². The number of aromatic nitrogens is 4. The number of nitrogens with zero attached hydrogens (tertiary/aromatic N) is 6. The number of hydrogen-bond acceptors (Lipinski definition) is 5. The van der Waals surface area contributed by atoms with E-state index in [2.05, 4.69) is 50.2 Å². The molecule has 0 bridgehead atoms. The summed E-state index contributed by atoms with van der Waals surface area (Å²) < 4.78 is 1.77. The van der Waals surface area contributed by atoms with Crippen molar-refractivity contribution in [2.45, 2.75) is 31.8 Å². The predicted molar refractivity (Wildman–Crippen MR) is 109 cm³/mol. The molecule has 0 amide bonds. The molecule has 28 heavy (non-hydrogen) atoms. The molecule has 0 saturated carbocycles. The van der Waals surface area contributed by atoms with Gasteiger partial charge in [-0.05, 0) is 43.4 Å². The second kappa shape index (κ2) is 7.72. The van der Waals surface area contributed by atoms with E-state index in [1.807, 2.05) is 18.5 Å². The minimum absolute atomic E-state index is 0.674. The molecule has 0 aliphatic carbocycles. The zero-order valence-electron chi connectivity index (χ0n) is 16.1. The van der Waals surface area contributed by atoms with Gasteiger partial charge in [0.25, 0.3) is 0 Å². The molecule has 2 unspecified atom stereocenters. The van der Waals surface area contributed by atoms with E-state index < -0.39 is 0 Å². The highest BCUT2D eigenvalue weighted by molar-refractivity contribution is 5.40. The minimum Gasteiger partial charge on any atom is -0.355 e. The first kappa shape index (κ1) is 17.4. The molecule has 2 saturated heterocycles. The number of likely N-dealkylation sites (tertiary alicyclic amines) is 1. The molecule has 5 rings (SSSR count). The molecule has 0 spiro atoms. The number of anilines is 1. The smallest absolute Gasteiger partial charge is 0.173 e. The molecule has 2 atom stereocenters. The van der Waals surface area contributed by atoms with Gasteiger partial charge in [0.1, 0.15) is 5.82 Å². The van der Waals surface area contributed by atoms with Gasteiger partial charge in [-0.2, -0.15) is 5.10 Å². The van der Waals surface area contributed by atoms with E-state index in [-0.39, 0.29) is 0 Å². The van der Waals surface area contributed by atoms with E-state index in [0.29, 0.717) is 12.0 Å². The number of piperidine rings is 2. The maximum Gasteiger partial charge on any atom is 0.173 e. The second-order valence-electron chi connectivity index (χ2n) is 7.85. The lowest BCUT2D eigenvalue weighted by atomic mass is 9.83. The molecule has 2 aliphatic rings. The van der Waals surface area contributed by atoms with E-state index >= 15 is 0 Å². The third-order valence-electron chi connectivity index (χ3n) is 6.08. The largest absolute Gasteiger partial charge is 0.355 e. The topological polar surface area (TPSA) is 50.1 Å². The van der Waals surface area contributed by atoms with Crippen LogP contribution in [0.5, 0.6) is 0 Å². The maximum absolute atomic E-state index is 4.81. The third kappa shape index (κ3) is 3.52. The Morgan fingerprint density at radius 1 is 0.964 bits per heavy atom. The lowest BCUT2D eigenvalue weighted by Gasteiger charge is -2.47. The van der Waals surface area contributed by atoms with E-state index in [9.17, 15) is 0 Å². The van der Waals surface area contributed by atoms with E-state index in [1.54, 1.807) is 17.1 Å². The fraction of sp³-hybridized carbons (Fsp3) is 0.409. The molecular weight excluding hydrogens is 348 g/mol. The molecule has 2 aromatic heterocycles. The van der Waals surface area contributed by atoms with E-state index in [4.69, 9.17) is 4.98 Å². The lowest BCUT2D eigenvalue weighted by molar-refractivity contribution is 0.0700. The summed E-state index contributed by atoms with van der Waals surface area (Å²) in [4.78, 5) is 14.3. The van der Waals surface area contributed by atoms with Crippen molar-refractivity contribution in [2.24, 2.45) is 5.92 Å². The summed E-state index contributed by atoms with van der Waals surface area (Å²) in [6.45, 7) is 4.37. The van der Waals surface area contributed by atoms with Crippen LogP contribution in [0.25, 0.3) is 5.82 Å². The van der Waals surface area contributed by atoms with Crippen molar-refractivity contribution in [3.63, 3.8) is 0 Å². The van der Waals surface area contributed by atoms with Crippen molar-refractivity contribution in [1.82, 2.24) is 24.6 Å². The molecule has 1 aromatic carbocycles. The first-order valence-electron chi connectivity index (χ1n) is 10.2. The van der Waals surface area contributed by atoms with Crippen LogP contribution in [0, 0.1) is 5.92 Å². The fourth-order valence-corrected chi connectivity index (χ4v) is 4.74. The normalized spacial score (nSPS) is 22.8. The van der Waals surface area contributed by atoms with E-state index in [0.717, 1.165) is 31.3 Å². The van der Waals surface area contributed by atoms with Crippen LogP contribution < -0.4 is 4.90 Å². The van der Waals surface area contributed by atoms with Gasteiger partial charge in [-0.1, -0.05) is 30.3 Å². The molecule has 4 heterocycles. The lowest BCUT2D eigenvalue weighted by Crippen LogP contribution is -2.54. The summed E-state index contributed by atoms with van der Waals surface area (Å²) >= 11 is 0. The first-order chi connectivity index (χ1) is 13.9. The third-order valence-corrected chi connectivity index (χ3v) is 6.08. The summed E-state index contributed by atoms with van der Waals surface area (Å²) in [5.41, 5.74) is 1.42. The average Bonchev–Trinajstić information content (AvgIpc) is 3.30. The highest BCUT2D eigenvalue weighted by Gasteiger charge is 2.36. The molecule has 6 nitrogen and oxygen atoms in total. The number of fused-ring (bicyclic) bond motifs is 1. The SMILES string of the molecule is c1ccc(CN2CCCC3CN(c4cncc(-n5cccn5)n4)CCC32)cc1. The second-order valence-corrected chi connectivity index (χ2v) is 7.85. The Balaban J connectivity index is 1.30. The van der Waals surface area contributed by atoms with Gasteiger partial charge in [0.05, 0.1) is 12.4 Å². The highest BCUT2D eigenvalue weighted by atomic mass is 15.3. The first-order valence-corrected chi connectivity index (χ1v) is 10.2. The Hall–Kier alpha value is -2.73. The summed E-state index contributed by atoms with van der Waals surface area (Å²) in [6.07, 6.45) is 11.1. The zero-order chi connectivity index (χ0) is 18.8. The standard InChI is InChI=1S/C22H26N6/c1-2-6-18(7-3-1)16-26-11-4-8-19-17-27(13-9-20(19)26)21-14-23-15-22(25-21)28-12-5-10-24-28/h1-3,5-7,10,12,14-15,19-20H,4,8-9,11,13,16-17H2. The minimum atomic E-state index is 0.674. The molecule has 0 radical (unpaired) electrons. The van der Waals surface area contributed by atoms with E-state index in [1.165, 1.54) is 31.4 Å². The predicted octanol–water partition coefficient (Wildman–Crippen LogP) is 3.15. The molecule has 6 heteroatoms. The Morgan fingerprint density at radius 3 is 2.71 bits per heavy atom. The average molecular weight is 374 g/mol. The quantitative estimate of drug-likeness (QED) is 0.702. The van der Waals surface area contributed by atoms with Gasteiger partial charge < -0.3 is 4.90 Å². The van der Waals surface area contributed by atoms with Crippen LogP contribution in [0.1, 0.15) is 24.8 Å². The van der Waals surface area contributed by atoms with Crippen molar-refractivity contribution >= 4 is 5.82 Å². The number of hydrogen-bond donors (Lipinski definition) is 0. The molecule has 3 aromatic rings. The Labute approximate surface area is 165 Å². The molecule has 2 fully saturated rings. The summed E-state index contributed by atoms with van der Waals surface area (Å²) in [5.74, 6) is 2.44. The van der Waals surface area contributed by atoms with Crippen LogP contribution in [0.15, 0.2) is 61.2 Å². The van der Waals surface area contributed by atoms with Crippen molar-refractivity contribution < 1.29 is 0 Å². The Morgan fingerprint density at radius 2 is 1.86 bits per heavy atom. The van der Waals surface area contributed by atoms with Gasteiger partial charge in [0.15, 0.2) is 5.82 Å². The van der Waals surface area contributed by atoms with Gasteiger partial charge in [0, 0.05) is 38.1 Å².